The number of nitrogens with zero attached hydrogens (tertiary/aromatic N) is 3. The molecule has 14 nitrogen and oxygen atoms in total. The summed E-state index contributed by atoms with van der Waals surface area (Å²) >= 11 is 0. The number of ether oxygens (including phenoxy) is 1. The Balaban J connectivity index is 0.00000432. The van der Waals surface area contributed by atoms with Crippen molar-refractivity contribution in [1.29, 1.82) is 0 Å². The molecule has 2 fully saturated rings. The molecule has 2 unspecified atom stereocenters. The summed E-state index contributed by atoms with van der Waals surface area (Å²) < 4.78 is 38.1. The molecule has 2 aliphatic rings. The van der Waals surface area contributed by atoms with E-state index in [-0.39, 0.29) is 52.5 Å². The molecular formula is C19H22N5NaO9S. The summed E-state index contributed by atoms with van der Waals surface area (Å²) in [6.45, 7) is 1.47. The van der Waals surface area contributed by atoms with Crippen LogP contribution in [0.15, 0.2) is 24.3 Å². The van der Waals surface area contributed by atoms with E-state index in [1.165, 1.54) is 36.3 Å². The van der Waals surface area contributed by atoms with Crippen molar-refractivity contribution in [3.63, 3.8) is 0 Å². The maximum atomic E-state index is 12.9. The number of urea groups is 1. The number of piperazine rings is 1. The summed E-state index contributed by atoms with van der Waals surface area (Å²) in [6, 6.07) is 2.23. The number of hydrogen-bond acceptors (Lipinski definition) is 9. The summed E-state index contributed by atoms with van der Waals surface area (Å²) in [5, 5.41) is 4.65. The summed E-state index contributed by atoms with van der Waals surface area (Å²) in [7, 11) is -3.57. The average Bonchev–Trinajstić information content (AvgIpc) is 2.80. The predicted molar refractivity (Wildman–Crippen MR) is 112 cm³/mol. The van der Waals surface area contributed by atoms with Crippen LogP contribution in [0.3, 0.4) is 0 Å². The van der Waals surface area contributed by atoms with Gasteiger partial charge in [0, 0.05) is 19.6 Å². The Morgan fingerprint density at radius 1 is 1.14 bits per heavy atom. The van der Waals surface area contributed by atoms with Crippen molar-refractivity contribution in [2.45, 2.75) is 19.0 Å². The number of hydrogen-bond donors (Lipinski definition) is 2. The van der Waals surface area contributed by atoms with Crippen LogP contribution in [-0.4, -0.2) is 96.1 Å². The summed E-state index contributed by atoms with van der Waals surface area (Å²) in [4.78, 5) is 64.1. The van der Waals surface area contributed by atoms with Gasteiger partial charge in [0.05, 0.1) is 13.7 Å². The Hall–Kier alpha value is -2.72. The molecule has 0 saturated carbocycles. The van der Waals surface area contributed by atoms with Crippen molar-refractivity contribution < 1.29 is 71.2 Å². The van der Waals surface area contributed by atoms with Crippen molar-refractivity contribution in [2.75, 3.05) is 33.3 Å². The maximum Gasteiger partial charge on any atom is 1.00 e. The summed E-state index contributed by atoms with van der Waals surface area (Å²) in [6.07, 6.45) is 0. The molecule has 2 atom stereocenters. The summed E-state index contributed by atoms with van der Waals surface area (Å²) in [5.74, 6) is -3.46. The van der Waals surface area contributed by atoms with Crippen LogP contribution in [0, 0.1) is 0 Å². The Morgan fingerprint density at radius 3 is 2.29 bits per heavy atom. The van der Waals surface area contributed by atoms with E-state index in [0.717, 1.165) is 0 Å². The van der Waals surface area contributed by atoms with E-state index in [0.29, 0.717) is 17.2 Å². The molecule has 6 amide bonds. The number of rotatable bonds is 7. The fourth-order valence-corrected chi connectivity index (χ4v) is 4.11. The molecule has 1 aromatic carbocycles. The van der Waals surface area contributed by atoms with Crippen LogP contribution < -0.4 is 44.9 Å². The fraction of sp³-hybridized carbons (Fsp3) is 0.421. The van der Waals surface area contributed by atoms with E-state index in [4.69, 9.17) is 4.74 Å². The van der Waals surface area contributed by atoms with Gasteiger partial charge in [-0.25, -0.2) is 17.5 Å². The third-order valence-electron chi connectivity index (χ3n) is 5.39. The van der Waals surface area contributed by atoms with Gasteiger partial charge in [-0.3, -0.25) is 24.1 Å². The average molecular weight is 519 g/mol. The largest absolute Gasteiger partial charge is 1.00 e. The molecule has 0 radical (unpaired) electrons. The molecule has 0 spiro atoms. The molecule has 16 heteroatoms. The van der Waals surface area contributed by atoms with Gasteiger partial charge in [0.2, 0.25) is 5.91 Å². The number of nitrogens with one attached hydrogen (secondary N) is 2. The van der Waals surface area contributed by atoms with Crippen LogP contribution in [0.25, 0.3) is 0 Å². The van der Waals surface area contributed by atoms with Gasteiger partial charge in [0.25, 0.3) is 5.91 Å². The number of carbonyl (C=O) groups is 5. The van der Waals surface area contributed by atoms with Crippen LogP contribution in [0.4, 0.5) is 4.79 Å². The number of likely N-dealkylation sites (N-methyl/N-ethyl adjacent to an activating group) is 1. The van der Waals surface area contributed by atoms with E-state index in [2.05, 4.69) is 10.6 Å². The van der Waals surface area contributed by atoms with Crippen LogP contribution in [0.1, 0.15) is 18.5 Å². The van der Waals surface area contributed by atoms with Crippen molar-refractivity contribution in [3.05, 3.63) is 29.8 Å². The third-order valence-corrected chi connectivity index (χ3v) is 6.26. The van der Waals surface area contributed by atoms with Gasteiger partial charge in [-0.15, -0.1) is 0 Å². The summed E-state index contributed by atoms with van der Waals surface area (Å²) in [5.41, 5.74) is 0.248. The van der Waals surface area contributed by atoms with E-state index in [1.807, 2.05) is 0 Å². The van der Waals surface area contributed by atoms with E-state index in [9.17, 15) is 36.9 Å². The molecule has 0 aromatic heterocycles. The molecule has 3 rings (SSSR count). The van der Waals surface area contributed by atoms with Gasteiger partial charge in [0.1, 0.15) is 17.8 Å². The van der Waals surface area contributed by atoms with Crippen molar-refractivity contribution in [1.82, 2.24) is 24.7 Å². The standard InChI is InChI=1S/C19H23N5O9S.Na/c1-3-22-8-9-23(18(28)17(22)27)19(29)21-14(11-4-6-12(33-2)7-5-11)15(25)20-13-10-24(16(13)26)34(30,31)32;/h4-7,13-14H,3,8-10H2,1-2H3,(H,20,25)(H,21,29)(H,30,31,32);/q;+1/p-1. The van der Waals surface area contributed by atoms with Gasteiger partial charge in [-0.2, -0.15) is 0 Å². The Morgan fingerprint density at radius 2 is 1.77 bits per heavy atom. The minimum Gasteiger partial charge on any atom is -0.731 e. The van der Waals surface area contributed by atoms with E-state index < -0.39 is 58.6 Å². The monoisotopic (exact) mass is 519 g/mol. The molecule has 2 saturated heterocycles. The predicted octanol–water partition coefficient (Wildman–Crippen LogP) is -5.07. The second-order valence-corrected chi connectivity index (χ2v) is 8.68. The number of β-lactam (4-membered cyclic amide) rings is 1. The Kier molecular flexibility index (Phi) is 9.24. The zero-order valence-corrected chi connectivity index (χ0v) is 22.0. The zero-order chi connectivity index (χ0) is 25.2. The smallest absolute Gasteiger partial charge is 0.731 e. The molecule has 0 bridgehead atoms. The first-order valence-corrected chi connectivity index (χ1v) is 11.5. The van der Waals surface area contributed by atoms with Gasteiger partial charge >= 0.3 is 47.4 Å². The topological polar surface area (TPSA) is 186 Å². The second-order valence-electron chi connectivity index (χ2n) is 7.39. The van der Waals surface area contributed by atoms with Gasteiger partial charge in [0.15, 0.2) is 10.3 Å². The number of benzene rings is 1. The number of carbonyl (C=O) groups excluding carboxylic acids is 5. The number of amides is 6. The normalized spacial score (nSPS) is 18.9. The quantitative estimate of drug-likeness (QED) is 0.154. The molecule has 2 heterocycles. The second kappa shape index (κ2) is 11.3. The fourth-order valence-electron chi connectivity index (χ4n) is 3.43. The third kappa shape index (κ3) is 6.10. The van der Waals surface area contributed by atoms with Gasteiger partial charge in [-0.05, 0) is 24.6 Å². The maximum absolute atomic E-state index is 12.9. The minimum atomic E-state index is -5.00. The van der Waals surface area contributed by atoms with Crippen LogP contribution in [-0.2, 0) is 29.5 Å². The molecule has 184 valence electrons. The first-order valence-electron chi connectivity index (χ1n) is 10.1. The van der Waals surface area contributed by atoms with Crippen molar-refractivity contribution in [2.24, 2.45) is 0 Å². The van der Waals surface area contributed by atoms with E-state index in [1.54, 1.807) is 6.92 Å². The zero-order valence-electron chi connectivity index (χ0n) is 19.2. The molecular weight excluding hydrogens is 497 g/mol. The molecule has 2 aliphatic heterocycles. The molecule has 35 heavy (non-hydrogen) atoms. The van der Waals surface area contributed by atoms with Crippen molar-refractivity contribution in [3.8, 4) is 5.75 Å². The first kappa shape index (κ1) is 28.5. The van der Waals surface area contributed by atoms with Crippen LogP contribution in [0.2, 0.25) is 0 Å². The van der Waals surface area contributed by atoms with Crippen molar-refractivity contribution >= 4 is 40.0 Å². The molecule has 0 aliphatic carbocycles. The van der Waals surface area contributed by atoms with Gasteiger partial charge < -0.3 is 24.8 Å². The molecule has 2 N–H and O–H groups in total. The van der Waals surface area contributed by atoms with E-state index >= 15 is 0 Å². The number of imide groups is 1. The van der Waals surface area contributed by atoms with Crippen LogP contribution >= 0.6 is 0 Å². The molecule has 1 aromatic rings. The Bertz CT molecular complexity index is 1130. The Labute approximate surface area is 223 Å². The van der Waals surface area contributed by atoms with Gasteiger partial charge in [-0.1, -0.05) is 12.1 Å². The SMILES string of the molecule is CCN1CCN(C(=O)NC(C(=O)NC2CN(S(=O)(=O)[O-])C2=O)c2ccc(OC)cc2)C(=O)C1=O.[Na+]. The van der Waals surface area contributed by atoms with Crippen LogP contribution in [0.5, 0.6) is 5.75 Å². The minimum absolute atomic E-state index is 0. The number of methoxy groups -OCH3 is 1. The first-order chi connectivity index (χ1) is 16.0.